The summed E-state index contributed by atoms with van der Waals surface area (Å²) in [6.07, 6.45) is 0.846. The maximum absolute atomic E-state index is 11.9. The van der Waals surface area contributed by atoms with Crippen molar-refractivity contribution in [2.75, 3.05) is 13.2 Å². The first-order chi connectivity index (χ1) is 11.0. The number of hydrogen-bond acceptors (Lipinski definition) is 5. The van der Waals surface area contributed by atoms with Crippen molar-refractivity contribution in [2.24, 2.45) is 5.92 Å². The Morgan fingerprint density at radius 1 is 1.26 bits per heavy atom. The lowest BCUT2D eigenvalue weighted by atomic mass is 10.1. The Hall–Kier alpha value is -2.63. The zero-order chi connectivity index (χ0) is 16.8. The summed E-state index contributed by atoms with van der Waals surface area (Å²) in [5.41, 5.74) is -0.0338. The Balaban J connectivity index is 1.96. The normalized spacial score (nSPS) is 10.7. The van der Waals surface area contributed by atoms with E-state index in [4.69, 9.17) is 9.15 Å². The van der Waals surface area contributed by atoms with Gasteiger partial charge in [-0.25, -0.2) is 4.79 Å². The highest BCUT2D eigenvalue weighted by Crippen LogP contribution is 2.12. The highest BCUT2D eigenvalue weighted by Gasteiger charge is 2.15. The predicted octanol–water partition coefficient (Wildman–Crippen LogP) is 2.11. The van der Waals surface area contributed by atoms with Crippen LogP contribution in [0.1, 0.15) is 30.8 Å². The van der Waals surface area contributed by atoms with Crippen LogP contribution in [0.3, 0.4) is 0 Å². The average Bonchev–Trinajstić information content (AvgIpc) is 2.52. The molecule has 2 rings (SSSR count). The maximum Gasteiger partial charge on any atom is 0.374 e. The van der Waals surface area contributed by atoms with Gasteiger partial charge in [0.2, 0.25) is 5.76 Å². The predicted molar refractivity (Wildman–Crippen MR) is 85.2 cm³/mol. The number of rotatable bonds is 6. The van der Waals surface area contributed by atoms with E-state index >= 15 is 0 Å². The van der Waals surface area contributed by atoms with Gasteiger partial charge in [-0.15, -0.1) is 0 Å². The molecule has 0 saturated carbocycles. The van der Waals surface area contributed by atoms with Crippen LogP contribution < -0.4 is 10.7 Å². The lowest BCUT2D eigenvalue weighted by molar-refractivity contribution is -0.124. The lowest BCUT2D eigenvalue weighted by Gasteiger charge is -2.08. The van der Waals surface area contributed by atoms with Crippen LogP contribution in [-0.4, -0.2) is 25.0 Å². The Morgan fingerprint density at radius 3 is 2.74 bits per heavy atom. The van der Waals surface area contributed by atoms with Gasteiger partial charge >= 0.3 is 5.97 Å². The molecule has 0 fully saturated rings. The fourth-order valence-electron chi connectivity index (χ4n) is 1.96. The van der Waals surface area contributed by atoms with Crippen molar-refractivity contribution in [3.63, 3.8) is 0 Å². The van der Waals surface area contributed by atoms with E-state index in [0.717, 1.165) is 12.5 Å². The highest BCUT2D eigenvalue weighted by atomic mass is 16.5. The molecular weight excluding hydrogens is 298 g/mol. The number of ether oxygens (including phenoxy) is 1. The second kappa shape index (κ2) is 7.58. The molecule has 0 unspecified atom stereocenters. The van der Waals surface area contributed by atoms with Crippen LogP contribution in [0.2, 0.25) is 0 Å². The smallest absolute Gasteiger partial charge is 0.374 e. The molecule has 0 aliphatic rings. The minimum Gasteiger partial charge on any atom is -0.450 e. The van der Waals surface area contributed by atoms with E-state index in [1.54, 1.807) is 24.3 Å². The van der Waals surface area contributed by atoms with Crippen LogP contribution in [-0.2, 0) is 9.53 Å². The number of amides is 1. The van der Waals surface area contributed by atoms with Crippen molar-refractivity contribution in [3.8, 4) is 0 Å². The Kier molecular flexibility index (Phi) is 5.51. The van der Waals surface area contributed by atoms with Crippen LogP contribution in [0.5, 0.6) is 0 Å². The molecule has 0 aliphatic carbocycles. The first-order valence-electron chi connectivity index (χ1n) is 7.44. The van der Waals surface area contributed by atoms with Crippen LogP contribution in [0.15, 0.2) is 39.5 Å². The summed E-state index contributed by atoms with van der Waals surface area (Å²) >= 11 is 0. The molecule has 0 aliphatic heterocycles. The minimum atomic E-state index is -0.841. The number of benzene rings is 1. The van der Waals surface area contributed by atoms with E-state index in [1.165, 1.54) is 0 Å². The number of hydrogen-bond donors (Lipinski definition) is 1. The van der Waals surface area contributed by atoms with Gasteiger partial charge in [0.05, 0.1) is 5.39 Å². The molecule has 1 amide bonds. The number of esters is 1. The lowest BCUT2D eigenvalue weighted by Crippen LogP contribution is -2.30. The van der Waals surface area contributed by atoms with Gasteiger partial charge in [-0.2, -0.15) is 0 Å². The van der Waals surface area contributed by atoms with Crippen LogP contribution in [0.25, 0.3) is 11.0 Å². The van der Waals surface area contributed by atoms with Crippen LogP contribution >= 0.6 is 0 Å². The van der Waals surface area contributed by atoms with Gasteiger partial charge in [0, 0.05) is 12.6 Å². The van der Waals surface area contributed by atoms with Gasteiger partial charge in [-0.1, -0.05) is 26.0 Å². The van der Waals surface area contributed by atoms with E-state index < -0.39 is 12.6 Å². The number of para-hydroxylation sites is 1. The monoisotopic (exact) mass is 317 g/mol. The third-order valence-electron chi connectivity index (χ3n) is 3.21. The highest BCUT2D eigenvalue weighted by molar-refractivity contribution is 5.90. The van der Waals surface area contributed by atoms with Crippen molar-refractivity contribution in [1.29, 1.82) is 0 Å². The molecule has 0 atom stereocenters. The summed E-state index contributed by atoms with van der Waals surface area (Å²) in [5.74, 6) is -0.970. The molecule has 1 heterocycles. The van der Waals surface area contributed by atoms with E-state index in [0.29, 0.717) is 23.4 Å². The summed E-state index contributed by atoms with van der Waals surface area (Å²) in [6.45, 7) is 4.22. The standard InChI is InChI=1S/C17H19NO5/c1-11(2)7-8-18-16(20)10-22-17(21)15-9-13(19)12-5-3-4-6-14(12)23-15/h3-6,9,11H,7-8,10H2,1-2H3,(H,18,20). The molecule has 1 aromatic heterocycles. The summed E-state index contributed by atoms with van der Waals surface area (Å²) in [5, 5.41) is 3.04. The molecule has 0 saturated heterocycles. The first kappa shape index (κ1) is 16.7. The van der Waals surface area contributed by atoms with Crippen LogP contribution in [0.4, 0.5) is 0 Å². The van der Waals surface area contributed by atoms with Crippen LogP contribution in [0, 0.1) is 5.92 Å². The SMILES string of the molecule is CC(C)CCNC(=O)COC(=O)c1cc(=O)c2ccccc2o1. The third-order valence-corrected chi connectivity index (χ3v) is 3.21. The average molecular weight is 317 g/mol. The van der Waals surface area contributed by atoms with Gasteiger partial charge in [0.15, 0.2) is 12.0 Å². The Morgan fingerprint density at radius 2 is 2.00 bits per heavy atom. The van der Waals surface area contributed by atoms with Gasteiger partial charge in [-0.05, 0) is 24.5 Å². The summed E-state index contributed by atoms with van der Waals surface area (Å²) in [6, 6.07) is 7.67. The molecule has 0 spiro atoms. The fraction of sp³-hybridized carbons (Fsp3) is 0.353. The molecule has 6 heteroatoms. The van der Waals surface area contributed by atoms with Crippen molar-refractivity contribution < 1.29 is 18.7 Å². The van der Waals surface area contributed by atoms with E-state index in [1.807, 2.05) is 13.8 Å². The van der Waals surface area contributed by atoms with Gasteiger partial charge < -0.3 is 14.5 Å². The largest absolute Gasteiger partial charge is 0.450 e. The van der Waals surface area contributed by atoms with E-state index in [9.17, 15) is 14.4 Å². The van der Waals surface area contributed by atoms with Gasteiger partial charge in [-0.3, -0.25) is 9.59 Å². The molecular formula is C17H19NO5. The van der Waals surface area contributed by atoms with E-state index in [2.05, 4.69) is 5.32 Å². The molecule has 2 aromatic rings. The van der Waals surface area contributed by atoms with Crippen molar-refractivity contribution >= 4 is 22.8 Å². The zero-order valence-electron chi connectivity index (χ0n) is 13.1. The summed E-state index contributed by atoms with van der Waals surface area (Å²) < 4.78 is 10.2. The quantitative estimate of drug-likeness (QED) is 0.825. The second-order valence-electron chi connectivity index (χ2n) is 5.58. The van der Waals surface area contributed by atoms with Crippen molar-refractivity contribution in [1.82, 2.24) is 5.32 Å². The van der Waals surface area contributed by atoms with Gasteiger partial charge in [0.1, 0.15) is 5.58 Å². The summed E-state index contributed by atoms with van der Waals surface area (Å²) in [7, 11) is 0. The fourth-order valence-corrected chi connectivity index (χ4v) is 1.96. The molecule has 1 aromatic carbocycles. The second-order valence-corrected chi connectivity index (χ2v) is 5.58. The number of carbonyl (C=O) groups is 2. The first-order valence-corrected chi connectivity index (χ1v) is 7.44. The van der Waals surface area contributed by atoms with Gasteiger partial charge in [0.25, 0.3) is 5.91 Å². The number of nitrogens with one attached hydrogen (secondary N) is 1. The zero-order valence-corrected chi connectivity index (χ0v) is 13.1. The molecule has 0 bridgehead atoms. The van der Waals surface area contributed by atoms with E-state index in [-0.39, 0.29) is 17.1 Å². The topological polar surface area (TPSA) is 85.6 Å². The molecule has 6 nitrogen and oxygen atoms in total. The van der Waals surface area contributed by atoms with Crippen molar-refractivity contribution in [2.45, 2.75) is 20.3 Å². The molecule has 0 radical (unpaired) electrons. The maximum atomic E-state index is 11.9. The van der Waals surface area contributed by atoms with Crippen molar-refractivity contribution in [3.05, 3.63) is 46.3 Å². The summed E-state index contributed by atoms with van der Waals surface area (Å²) in [4.78, 5) is 35.4. The Bertz CT molecular complexity index is 763. The Labute approximate surface area is 133 Å². The number of fused-ring (bicyclic) bond motifs is 1. The number of carbonyl (C=O) groups excluding carboxylic acids is 2. The molecule has 122 valence electrons. The molecule has 23 heavy (non-hydrogen) atoms. The third kappa shape index (κ3) is 4.67. The molecule has 1 N–H and O–H groups in total. The minimum absolute atomic E-state index is 0.219.